The van der Waals surface area contributed by atoms with E-state index in [1.54, 1.807) is 6.07 Å². The summed E-state index contributed by atoms with van der Waals surface area (Å²) >= 11 is 1.11. The third kappa shape index (κ3) is 4.64. The summed E-state index contributed by atoms with van der Waals surface area (Å²) < 4.78 is 37.9. The van der Waals surface area contributed by atoms with Crippen LogP contribution in [-0.2, 0) is 11.0 Å². The largest absolute Gasteiger partial charge is 0.416 e. The van der Waals surface area contributed by atoms with E-state index in [0.29, 0.717) is 17.4 Å². The molecule has 1 amide bonds. The fraction of sp³-hybridized carbons (Fsp3) is 0.533. The van der Waals surface area contributed by atoms with Crippen molar-refractivity contribution in [3.8, 4) is 0 Å². The van der Waals surface area contributed by atoms with Crippen LogP contribution in [-0.4, -0.2) is 24.2 Å². The van der Waals surface area contributed by atoms with Gasteiger partial charge in [-0.1, -0.05) is 12.5 Å². The van der Waals surface area contributed by atoms with E-state index in [1.165, 1.54) is 6.07 Å². The van der Waals surface area contributed by atoms with Gasteiger partial charge in [-0.2, -0.15) is 13.2 Å². The van der Waals surface area contributed by atoms with Gasteiger partial charge in [0.2, 0.25) is 5.91 Å². The van der Waals surface area contributed by atoms with Crippen molar-refractivity contribution in [3.63, 3.8) is 0 Å². The van der Waals surface area contributed by atoms with Gasteiger partial charge in [-0.25, -0.2) is 0 Å². The number of amides is 1. The Bertz CT molecular complexity index is 522. The lowest BCUT2D eigenvalue weighted by atomic mass is 10.0. The highest BCUT2D eigenvalue weighted by Gasteiger charge is 2.30. The van der Waals surface area contributed by atoms with Crippen LogP contribution in [0.5, 0.6) is 0 Å². The van der Waals surface area contributed by atoms with Gasteiger partial charge in [0.25, 0.3) is 0 Å². The zero-order valence-corrected chi connectivity index (χ0v) is 12.8. The van der Waals surface area contributed by atoms with Crippen molar-refractivity contribution in [2.75, 3.05) is 12.3 Å². The molecule has 2 rings (SSSR count). The smallest absolute Gasteiger partial charge is 0.352 e. The molecule has 2 unspecified atom stereocenters. The molecule has 0 saturated heterocycles. The number of hydrogen-bond donors (Lipinski definition) is 2. The van der Waals surface area contributed by atoms with E-state index in [4.69, 9.17) is 5.73 Å². The minimum atomic E-state index is -4.36. The minimum absolute atomic E-state index is 0.0969. The summed E-state index contributed by atoms with van der Waals surface area (Å²) in [6.45, 7) is 0.547. The first-order valence-corrected chi connectivity index (χ1v) is 8.18. The van der Waals surface area contributed by atoms with Crippen molar-refractivity contribution >= 4 is 17.7 Å². The van der Waals surface area contributed by atoms with Crippen LogP contribution in [0.1, 0.15) is 24.8 Å². The van der Waals surface area contributed by atoms with E-state index >= 15 is 0 Å². The molecule has 0 radical (unpaired) electrons. The van der Waals surface area contributed by atoms with E-state index in [0.717, 1.165) is 43.2 Å². The molecule has 22 heavy (non-hydrogen) atoms. The number of thioether (sulfide) groups is 1. The molecule has 0 spiro atoms. The van der Waals surface area contributed by atoms with Gasteiger partial charge in [-0.3, -0.25) is 4.79 Å². The quantitative estimate of drug-likeness (QED) is 0.815. The van der Waals surface area contributed by atoms with E-state index < -0.39 is 11.7 Å². The molecule has 1 aromatic rings. The fourth-order valence-electron chi connectivity index (χ4n) is 2.67. The molecule has 3 nitrogen and oxygen atoms in total. The molecule has 1 fully saturated rings. The topological polar surface area (TPSA) is 55.1 Å². The van der Waals surface area contributed by atoms with Crippen molar-refractivity contribution in [1.82, 2.24) is 5.32 Å². The zero-order chi connectivity index (χ0) is 16.2. The number of carbonyl (C=O) groups is 1. The Balaban J connectivity index is 1.86. The Kier molecular flexibility index (Phi) is 5.74. The SMILES string of the molecule is NCC1CCCC1NC(=O)CSc1cccc(C(F)(F)F)c1. The Morgan fingerprint density at radius 2 is 2.14 bits per heavy atom. The number of hydrogen-bond acceptors (Lipinski definition) is 3. The molecule has 1 aliphatic rings. The Morgan fingerprint density at radius 1 is 1.36 bits per heavy atom. The maximum atomic E-state index is 12.6. The molecule has 0 aromatic heterocycles. The van der Waals surface area contributed by atoms with Crippen LogP contribution in [0, 0.1) is 5.92 Å². The Hall–Kier alpha value is -1.21. The van der Waals surface area contributed by atoms with Crippen LogP contribution >= 0.6 is 11.8 Å². The van der Waals surface area contributed by atoms with E-state index in [1.807, 2.05) is 0 Å². The molecule has 122 valence electrons. The molecular formula is C15H19F3N2OS. The summed E-state index contributed by atoms with van der Waals surface area (Å²) in [7, 11) is 0. The van der Waals surface area contributed by atoms with Gasteiger partial charge in [-0.05, 0) is 43.5 Å². The molecule has 7 heteroatoms. The first-order chi connectivity index (χ1) is 10.4. The predicted octanol–water partition coefficient (Wildman–Crippen LogP) is 3.04. The second-order valence-electron chi connectivity index (χ2n) is 5.41. The number of nitrogens with two attached hydrogens (primary N) is 1. The summed E-state index contributed by atoms with van der Waals surface area (Å²) in [5, 5.41) is 2.93. The predicted molar refractivity (Wildman–Crippen MR) is 80.5 cm³/mol. The number of carbonyl (C=O) groups excluding carboxylic acids is 1. The van der Waals surface area contributed by atoms with Crippen LogP contribution in [0.4, 0.5) is 13.2 Å². The normalized spacial score (nSPS) is 21.8. The van der Waals surface area contributed by atoms with Crippen LogP contribution < -0.4 is 11.1 Å². The van der Waals surface area contributed by atoms with E-state index in [2.05, 4.69) is 5.32 Å². The van der Waals surface area contributed by atoms with Crippen LogP contribution in [0.15, 0.2) is 29.2 Å². The van der Waals surface area contributed by atoms with Crippen molar-refractivity contribution in [2.45, 2.75) is 36.4 Å². The Morgan fingerprint density at radius 3 is 2.82 bits per heavy atom. The van der Waals surface area contributed by atoms with Crippen LogP contribution in [0.3, 0.4) is 0 Å². The summed E-state index contributed by atoms with van der Waals surface area (Å²) in [6, 6.07) is 5.11. The molecule has 1 saturated carbocycles. The van der Waals surface area contributed by atoms with Crippen molar-refractivity contribution in [1.29, 1.82) is 0 Å². The average Bonchev–Trinajstić information content (AvgIpc) is 2.91. The molecule has 0 aliphatic heterocycles. The summed E-state index contributed by atoms with van der Waals surface area (Å²) in [5.41, 5.74) is 4.96. The summed E-state index contributed by atoms with van der Waals surface area (Å²) in [6.07, 6.45) is -1.38. The molecule has 0 bridgehead atoms. The lowest BCUT2D eigenvalue weighted by Crippen LogP contribution is -2.40. The monoisotopic (exact) mass is 332 g/mol. The zero-order valence-electron chi connectivity index (χ0n) is 12.0. The highest BCUT2D eigenvalue weighted by molar-refractivity contribution is 8.00. The number of rotatable bonds is 5. The van der Waals surface area contributed by atoms with E-state index in [-0.39, 0.29) is 17.7 Å². The standard InChI is InChI=1S/C15H19F3N2OS/c16-15(17,18)11-4-2-5-12(7-11)22-9-14(21)20-13-6-1-3-10(13)8-19/h2,4-5,7,10,13H,1,3,6,8-9,19H2,(H,20,21). The first-order valence-electron chi connectivity index (χ1n) is 7.19. The van der Waals surface area contributed by atoms with Gasteiger partial charge < -0.3 is 11.1 Å². The van der Waals surface area contributed by atoms with Crippen molar-refractivity contribution in [2.24, 2.45) is 11.7 Å². The summed E-state index contributed by atoms with van der Waals surface area (Å²) in [4.78, 5) is 12.4. The number of benzene rings is 1. The minimum Gasteiger partial charge on any atom is -0.352 e. The van der Waals surface area contributed by atoms with Gasteiger partial charge in [0.05, 0.1) is 11.3 Å². The average molecular weight is 332 g/mol. The van der Waals surface area contributed by atoms with Gasteiger partial charge in [0.15, 0.2) is 0 Å². The molecule has 0 heterocycles. The highest BCUT2D eigenvalue weighted by Crippen LogP contribution is 2.32. The number of halogens is 3. The maximum absolute atomic E-state index is 12.6. The van der Waals surface area contributed by atoms with Crippen LogP contribution in [0.25, 0.3) is 0 Å². The lowest BCUT2D eigenvalue weighted by Gasteiger charge is -2.19. The van der Waals surface area contributed by atoms with Gasteiger partial charge >= 0.3 is 6.18 Å². The highest BCUT2D eigenvalue weighted by atomic mass is 32.2. The third-order valence-corrected chi connectivity index (χ3v) is 4.83. The second-order valence-corrected chi connectivity index (χ2v) is 6.46. The number of nitrogens with one attached hydrogen (secondary N) is 1. The third-order valence-electron chi connectivity index (χ3n) is 3.84. The Labute approximate surface area is 131 Å². The fourth-order valence-corrected chi connectivity index (χ4v) is 3.43. The van der Waals surface area contributed by atoms with Gasteiger partial charge in [0, 0.05) is 10.9 Å². The van der Waals surface area contributed by atoms with Crippen molar-refractivity contribution in [3.05, 3.63) is 29.8 Å². The molecular weight excluding hydrogens is 313 g/mol. The molecule has 1 aromatic carbocycles. The van der Waals surface area contributed by atoms with E-state index in [9.17, 15) is 18.0 Å². The van der Waals surface area contributed by atoms with Crippen LogP contribution in [0.2, 0.25) is 0 Å². The molecule has 2 atom stereocenters. The molecule has 3 N–H and O–H groups in total. The van der Waals surface area contributed by atoms with Gasteiger partial charge in [0.1, 0.15) is 0 Å². The lowest BCUT2D eigenvalue weighted by molar-refractivity contribution is -0.137. The summed E-state index contributed by atoms with van der Waals surface area (Å²) in [5.74, 6) is 0.255. The van der Waals surface area contributed by atoms with Crippen molar-refractivity contribution < 1.29 is 18.0 Å². The first kappa shape index (κ1) is 17.1. The molecule has 1 aliphatic carbocycles. The number of alkyl halides is 3. The maximum Gasteiger partial charge on any atom is 0.416 e. The second kappa shape index (κ2) is 7.37. The van der Waals surface area contributed by atoms with Gasteiger partial charge in [-0.15, -0.1) is 11.8 Å².